The van der Waals surface area contributed by atoms with Crippen LogP contribution in [0.2, 0.25) is 0 Å². The number of ether oxygens (including phenoxy) is 1. The monoisotopic (exact) mass is 293 g/mol. The molecule has 1 heterocycles. The first-order valence-electron chi connectivity index (χ1n) is 6.46. The van der Waals surface area contributed by atoms with Crippen LogP contribution in [0.1, 0.15) is 35.4 Å². The van der Waals surface area contributed by atoms with E-state index in [-0.39, 0.29) is 29.8 Å². The zero-order valence-electron chi connectivity index (χ0n) is 11.3. The van der Waals surface area contributed by atoms with E-state index in [1.54, 1.807) is 6.92 Å². The molecule has 0 saturated heterocycles. The van der Waals surface area contributed by atoms with Crippen LogP contribution in [-0.2, 0) is 14.3 Å². The molecule has 1 aromatic carbocycles. The molecule has 21 heavy (non-hydrogen) atoms. The standard InChI is InChI=1S/C14H15NO6/c1-2-21-10(17)6-9(16)12(18)7-4-3-5-8-11(7)15-14(20)13(8)19/h3-5,9,12,16,18H,2,6H2,1H3,(H,15,19,20). The lowest BCUT2D eigenvalue weighted by Crippen LogP contribution is -2.24. The van der Waals surface area contributed by atoms with E-state index >= 15 is 0 Å². The summed E-state index contributed by atoms with van der Waals surface area (Å²) in [6.07, 6.45) is -3.21. The molecule has 0 saturated carbocycles. The average molecular weight is 293 g/mol. The fraction of sp³-hybridized carbons (Fsp3) is 0.357. The van der Waals surface area contributed by atoms with Crippen LogP contribution in [0.3, 0.4) is 0 Å². The van der Waals surface area contributed by atoms with E-state index in [0.29, 0.717) is 0 Å². The summed E-state index contributed by atoms with van der Waals surface area (Å²) in [6, 6.07) is 4.41. The lowest BCUT2D eigenvalue weighted by Gasteiger charge is -2.19. The first kappa shape index (κ1) is 15.1. The maximum absolute atomic E-state index is 11.6. The number of hydrogen-bond acceptors (Lipinski definition) is 6. The van der Waals surface area contributed by atoms with Crippen molar-refractivity contribution in [2.45, 2.75) is 25.6 Å². The zero-order chi connectivity index (χ0) is 15.6. The Morgan fingerprint density at radius 1 is 1.33 bits per heavy atom. The number of Topliss-reactive ketones (excluding diaryl/α,β-unsaturated/α-hetero) is 1. The molecule has 7 nitrogen and oxygen atoms in total. The molecule has 0 bridgehead atoms. The van der Waals surface area contributed by atoms with Crippen LogP contribution < -0.4 is 5.32 Å². The number of aliphatic hydroxyl groups excluding tert-OH is 2. The van der Waals surface area contributed by atoms with Gasteiger partial charge in [-0.15, -0.1) is 0 Å². The normalized spacial score (nSPS) is 16.1. The van der Waals surface area contributed by atoms with E-state index in [2.05, 4.69) is 5.32 Å². The Kier molecular flexibility index (Phi) is 4.35. The number of fused-ring (bicyclic) bond motifs is 1. The van der Waals surface area contributed by atoms with Crippen LogP contribution in [0.5, 0.6) is 0 Å². The predicted octanol–water partition coefficient (Wildman–Crippen LogP) is 0.169. The van der Waals surface area contributed by atoms with Gasteiger partial charge in [0.05, 0.1) is 30.4 Å². The number of carbonyl (C=O) groups is 3. The molecule has 112 valence electrons. The summed E-state index contributed by atoms with van der Waals surface area (Å²) >= 11 is 0. The number of esters is 1. The van der Waals surface area contributed by atoms with Gasteiger partial charge in [-0.3, -0.25) is 14.4 Å². The highest BCUT2D eigenvalue weighted by Crippen LogP contribution is 2.33. The molecule has 2 rings (SSSR count). The first-order chi connectivity index (χ1) is 9.95. The van der Waals surface area contributed by atoms with E-state index < -0.39 is 29.9 Å². The Morgan fingerprint density at radius 2 is 2.05 bits per heavy atom. The first-order valence-corrected chi connectivity index (χ1v) is 6.46. The minimum absolute atomic E-state index is 0.139. The van der Waals surface area contributed by atoms with Crippen LogP contribution >= 0.6 is 0 Å². The Balaban J connectivity index is 2.21. The topological polar surface area (TPSA) is 113 Å². The maximum Gasteiger partial charge on any atom is 0.308 e. The molecule has 1 amide bonds. The third-order valence-electron chi connectivity index (χ3n) is 3.15. The molecule has 3 N–H and O–H groups in total. The number of benzene rings is 1. The molecule has 2 atom stereocenters. The predicted molar refractivity (Wildman–Crippen MR) is 71.6 cm³/mol. The average Bonchev–Trinajstić information content (AvgIpc) is 2.74. The molecule has 1 aliphatic heterocycles. The van der Waals surface area contributed by atoms with E-state index in [0.717, 1.165) is 0 Å². The fourth-order valence-corrected chi connectivity index (χ4v) is 2.15. The number of anilines is 1. The van der Waals surface area contributed by atoms with Crippen LogP contribution in [0.15, 0.2) is 18.2 Å². The van der Waals surface area contributed by atoms with E-state index in [1.165, 1.54) is 18.2 Å². The second-order valence-corrected chi connectivity index (χ2v) is 4.57. The van der Waals surface area contributed by atoms with Crippen molar-refractivity contribution in [3.8, 4) is 0 Å². The molecule has 0 spiro atoms. The Labute approximate surface area is 120 Å². The van der Waals surface area contributed by atoms with E-state index in [9.17, 15) is 24.6 Å². The largest absolute Gasteiger partial charge is 0.466 e. The van der Waals surface area contributed by atoms with Crippen LogP contribution in [0, 0.1) is 0 Å². The molecule has 0 aromatic heterocycles. The van der Waals surface area contributed by atoms with Crippen molar-refractivity contribution < 1.29 is 29.3 Å². The molecule has 2 unspecified atom stereocenters. The number of aliphatic hydroxyl groups is 2. The highest BCUT2D eigenvalue weighted by Gasteiger charge is 2.33. The Bertz CT molecular complexity index is 597. The van der Waals surface area contributed by atoms with Crippen LogP contribution in [0.25, 0.3) is 0 Å². The molecule has 0 radical (unpaired) electrons. The summed E-state index contributed by atoms with van der Waals surface area (Å²) in [5.41, 5.74) is 0.492. The minimum Gasteiger partial charge on any atom is -0.466 e. The van der Waals surface area contributed by atoms with Gasteiger partial charge in [-0.25, -0.2) is 0 Å². The minimum atomic E-state index is -1.42. The SMILES string of the molecule is CCOC(=O)CC(O)C(O)c1cccc2c1NC(=O)C2=O. The van der Waals surface area contributed by atoms with Crippen molar-refractivity contribution in [1.82, 2.24) is 0 Å². The van der Waals surface area contributed by atoms with Gasteiger partial charge in [0.1, 0.15) is 6.10 Å². The van der Waals surface area contributed by atoms with E-state index in [1.807, 2.05) is 0 Å². The van der Waals surface area contributed by atoms with Crippen molar-refractivity contribution in [2.24, 2.45) is 0 Å². The summed E-state index contributed by atoms with van der Waals surface area (Å²) in [4.78, 5) is 34.2. The summed E-state index contributed by atoms with van der Waals surface area (Å²) in [5.74, 6) is -2.12. The van der Waals surface area contributed by atoms with Gasteiger partial charge in [0.25, 0.3) is 11.7 Å². The summed E-state index contributed by atoms with van der Waals surface area (Å²) in [7, 11) is 0. The van der Waals surface area contributed by atoms with Crippen LogP contribution in [0.4, 0.5) is 5.69 Å². The van der Waals surface area contributed by atoms with Crippen molar-refractivity contribution in [1.29, 1.82) is 0 Å². The smallest absolute Gasteiger partial charge is 0.308 e. The van der Waals surface area contributed by atoms with Crippen molar-refractivity contribution >= 4 is 23.3 Å². The summed E-state index contributed by atoms with van der Waals surface area (Å²) < 4.78 is 4.69. The van der Waals surface area contributed by atoms with Gasteiger partial charge >= 0.3 is 5.97 Å². The molecule has 1 aromatic rings. The number of nitrogens with one attached hydrogen (secondary N) is 1. The highest BCUT2D eigenvalue weighted by molar-refractivity contribution is 6.51. The summed E-state index contributed by atoms with van der Waals surface area (Å²) in [6.45, 7) is 1.80. The Morgan fingerprint density at radius 3 is 2.71 bits per heavy atom. The number of rotatable bonds is 5. The number of ketones is 1. The molecular weight excluding hydrogens is 278 g/mol. The van der Waals surface area contributed by atoms with Gasteiger partial charge in [0, 0.05) is 5.56 Å². The van der Waals surface area contributed by atoms with Gasteiger partial charge in [0.15, 0.2) is 0 Å². The molecule has 0 aliphatic carbocycles. The number of carbonyl (C=O) groups excluding carboxylic acids is 3. The highest BCUT2D eigenvalue weighted by atomic mass is 16.5. The van der Waals surface area contributed by atoms with Gasteiger partial charge in [-0.05, 0) is 13.0 Å². The molecule has 1 aliphatic rings. The third kappa shape index (κ3) is 2.93. The third-order valence-corrected chi connectivity index (χ3v) is 3.15. The summed E-state index contributed by atoms with van der Waals surface area (Å²) in [5, 5.41) is 22.4. The van der Waals surface area contributed by atoms with Crippen LogP contribution in [-0.4, -0.2) is 40.6 Å². The Hall–Kier alpha value is -2.25. The van der Waals surface area contributed by atoms with Gasteiger partial charge in [-0.1, -0.05) is 12.1 Å². The van der Waals surface area contributed by atoms with Gasteiger partial charge < -0.3 is 20.3 Å². The fourth-order valence-electron chi connectivity index (χ4n) is 2.15. The lowest BCUT2D eigenvalue weighted by molar-refractivity contribution is -0.147. The second kappa shape index (κ2) is 6.02. The van der Waals surface area contributed by atoms with Crippen molar-refractivity contribution in [3.05, 3.63) is 29.3 Å². The number of amides is 1. The number of hydrogen-bond donors (Lipinski definition) is 3. The van der Waals surface area contributed by atoms with Gasteiger partial charge in [0.2, 0.25) is 0 Å². The number of para-hydroxylation sites is 1. The maximum atomic E-state index is 11.6. The van der Waals surface area contributed by atoms with E-state index in [4.69, 9.17) is 4.74 Å². The quantitative estimate of drug-likeness (QED) is 0.527. The molecule has 0 fully saturated rings. The zero-order valence-corrected chi connectivity index (χ0v) is 11.3. The van der Waals surface area contributed by atoms with Gasteiger partial charge in [-0.2, -0.15) is 0 Å². The molecular formula is C14H15NO6. The lowest BCUT2D eigenvalue weighted by atomic mass is 9.98. The second-order valence-electron chi connectivity index (χ2n) is 4.57. The molecule has 7 heteroatoms. The van der Waals surface area contributed by atoms with Crippen molar-refractivity contribution in [2.75, 3.05) is 11.9 Å². The van der Waals surface area contributed by atoms with Crippen molar-refractivity contribution in [3.63, 3.8) is 0 Å².